The van der Waals surface area contributed by atoms with E-state index in [2.05, 4.69) is 19.7 Å². The van der Waals surface area contributed by atoms with Crippen molar-refractivity contribution in [3.63, 3.8) is 0 Å². The highest BCUT2D eigenvalue weighted by Crippen LogP contribution is 2.37. The van der Waals surface area contributed by atoms with E-state index >= 15 is 0 Å². The summed E-state index contributed by atoms with van der Waals surface area (Å²) < 4.78 is 28.0. The van der Waals surface area contributed by atoms with Crippen molar-refractivity contribution in [2.45, 2.75) is 42.7 Å². The van der Waals surface area contributed by atoms with E-state index in [0.29, 0.717) is 36.1 Å². The maximum atomic E-state index is 12.8. The molecule has 0 spiro atoms. The number of carbonyl (C=O) groups is 1. The van der Waals surface area contributed by atoms with E-state index in [1.54, 1.807) is 6.07 Å². The molecule has 1 amide bonds. The second kappa shape index (κ2) is 7.01. The van der Waals surface area contributed by atoms with Gasteiger partial charge in [0.05, 0.1) is 22.0 Å². The predicted octanol–water partition coefficient (Wildman–Crippen LogP) is 2.60. The summed E-state index contributed by atoms with van der Waals surface area (Å²) in [6.45, 7) is 2.13. The zero-order valence-corrected chi connectivity index (χ0v) is 18.0. The normalized spacial score (nSPS) is 20.2. The molecule has 164 valence electrons. The molecule has 0 unspecified atom stereocenters. The summed E-state index contributed by atoms with van der Waals surface area (Å²) in [5.41, 5.74) is 1.78. The van der Waals surface area contributed by atoms with Gasteiger partial charge in [-0.2, -0.15) is 9.98 Å². The summed E-state index contributed by atoms with van der Waals surface area (Å²) in [5.74, 6) is 0. The van der Waals surface area contributed by atoms with Crippen molar-refractivity contribution in [3.8, 4) is 6.07 Å². The smallest absolute Gasteiger partial charge is 0.407 e. The molecule has 1 aromatic carbocycles. The monoisotopic (exact) mass is 452 g/mol. The molecular formula is C21H20N6O4S. The fourth-order valence-corrected chi connectivity index (χ4v) is 5.56. The van der Waals surface area contributed by atoms with Gasteiger partial charge in [0.15, 0.2) is 0 Å². The van der Waals surface area contributed by atoms with Crippen LogP contribution in [0.15, 0.2) is 35.5 Å². The number of sulfonamides is 1. The zero-order valence-electron chi connectivity index (χ0n) is 17.2. The van der Waals surface area contributed by atoms with Crippen LogP contribution in [0.3, 0.4) is 0 Å². The lowest BCUT2D eigenvalue weighted by Crippen LogP contribution is -2.40. The van der Waals surface area contributed by atoms with Crippen LogP contribution in [0.25, 0.3) is 27.5 Å². The highest BCUT2D eigenvalue weighted by atomic mass is 32.2. The number of nitriles is 1. The first-order valence-corrected chi connectivity index (χ1v) is 11.6. The molecule has 1 atom stereocenters. The second-order valence-corrected chi connectivity index (χ2v) is 9.98. The van der Waals surface area contributed by atoms with Crippen molar-refractivity contribution in [2.75, 3.05) is 6.54 Å². The fourth-order valence-electron chi connectivity index (χ4n) is 4.16. The van der Waals surface area contributed by atoms with Crippen molar-refractivity contribution >= 4 is 43.6 Å². The molecule has 1 aliphatic heterocycles. The van der Waals surface area contributed by atoms with Crippen molar-refractivity contribution in [1.82, 2.24) is 24.6 Å². The minimum atomic E-state index is -3.85. The molecule has 0 bridgehead atoms. The number of amides is 1. The number of hydrogen-bond acceptors (Lipinski definition) is 6. The molecule has 1 aliphatic carbocycles. The van der Waals surface area contributed by atoms with E-state index in [-0.39, 0.29) is 17.5 Å². The van der Waals surface area contributed by atoms with Gasteiger partial charge in [-0.3, -0.25) is 0 Å². The van der Waals surface area contributed by atoms with E-state index in [1.807, 2.05) is 19.1 Å². The average Bonchev–Trinajstić information content (AvgIpc) is 3.42. The molecule has 0 radical (unpaired) electrons. The van der Waals surface area contributed by atoms with Gasteiger partial charge < -0.3 is 15.0 Å². The van der Waals surface area contributed by atoms with Crippen LogP contribution in [0.4, 0.5) is 4.79 Å². The molecule has 10 nitrogen and oxygen atoms in total. The Kier molecular flexibility index (Phi) is 4.47. The molecule has 2 aliphatic rings. The van der Waals surface area contributed by atoms with Crippen LogP contribution in [0.5, 0.6) is 0 Å². The number of nitrogens with zero attached hydrogens (tertiary/aromatic N) is 4. The van der Waals surface area contributed by atoms with Crippen LogP contribution in [-0.2, 0) is 10.0 Å². The third-order valence-electron chi connectivity index (χ3n) is 6.10. The van der Waals surface area contributed by atoms with Gasteiger partial charge in [-0.1, -0.05) is 12.1 Å². The summed E-state index contributed by atoms with van der Waals surface area (Å²) in [6.07, 6.45) is 3.85. The number of aromatic nitrogens is 3. The number of hydrogen-bond donors (Lipinski definition) is 3. The molecule has 0 saturated heterocycles. The Morgan fingerprint density at radius 1 is 1.38 bits per heavy atom. The molecular weight excluding hydrogens is 432 g/mol. The number of benzene rings is 1. The quantitative estimate of drug-likeness (QED) is 0.550. The van der Waals surface area contributed by atoms with E-state index in [4.69, 9.17) is 0 Å². The van der Waals surface area contributed by atoms with E-state index in [0.717, 1.165) is 16.3 Å². The lowest BCUT2D eigenvalue weighted by atomic mass is 9.96. The van der Waals surface area contributed by atoms with E-state index in [9.17, 15) is 23.6 Å². The van der Waals surface area contributed by atoms with Crippen molar-refractivity contribution < 1.29 is 18.3 Å². The first-order chi connectivity index (χ1) is 15.2. The Morgan fingerprint density at radius 2 is 2.16 bits per heavy atom. The van der Waals surface area contributed by atoms with Crippen molar-refractivity contribution in [1.29, 1.82) is 5.26 Å². The van der Waals surface area contributed by atoms with Gasteiger partial charge in [-0.15, -0.1) is 0 Å². The van der Waals surface area contributed by atoms with Crippen LogP contribution >= 0.6 is 0 Å². The molecule has 3 heterocycles. The van der Waals surface area contributed by atoms with Crippen LogP contribution in [0.2, 0.25) is 0 Å². The molecule has 11 heteroatoms. The number of nitrogens with one attached hydrogen (secondary N) is 2. The van der Waals surface area contributed by atoms with Crippen LogP contribution in [-0.4, -0.2) is 57.6 Å². The molecule has 5 rings (SSSR count). The minimum Gasteiger partial charge on any atom is -0.465 e. The van der Waals surface area contributed by atoms with Crippen molar-refractivity contribution in [2.24, 2.45) is 0 Å². The average molecular weight is 452 g/mol. The van der Waals surface area contributed by atoms with Gasteiger partial charge in [-0.05, 0) is 43.9 Å². The lowest BCUT2D eigenvalue weighted by molar-refractivity contribution is 0.133. The topological polar surface area (TPSA) is 152 Å². The first-order valence-electron chi connectivity index (χ1n) is 10.1. The highest BCUT2D eigenvalue weighted by Gasteiger charge is 2.46. The largest absolute Gasteiger partial charge is 0.465 e. The van der Waals surface area contributed by atoms with Crippen LogP contribution in [0, 0.1) is 11.3 Å². The molecule has 3 N–H and O–H groups in total. The van der Waals surface area contributed by atoms with Crippen LogP contribution in [0.1, 0.15) is 31.9 Å². The molecule has 3 aromatic rings. The minimum absolute atomic E-state index is 0.0650. The summed E-state index contributed by atoms with van der Waals surface area (Å²) in [7, 11) is -3.85. The number of fused-ring (bicyclic) bond motifs is 3. The number of rotatable bonds is 4. The van der Waals surface area contributed by atoms with Crippen molar-refractivity contribution in [3.05, 3.63) is 36.3 Å². The van der Waals surface area contributed by atoms with Gasteiger partial charge in [0, 0.05) is 23.5 Å². The summed E-state index contributed by atoms with van der Waals surface area (Å²) in [5, 5.41) is 20.1. The van der Waals surface area contributed by atoms with E-state index < -0.39 is 21.7 Å². The Balaban J connectivity index is 1.57. The second-order valence-electron chi connectivity index (χ2n) is 8.30. The molecule has 2 aromatic heterocycles. The fraction of sp³-hybridized carbons (Fsp3) is 0.333. The third kappa shape index (κ3) is 3.28. The van der Waals surface area contributed by atoms with Gasteiger partial charge in [-0.25, -0.2) is 23.2 Å². The maximum absolute atomic E-state index is 12.8. The highest BCUT2D eigenvalue weighted by molar-refractivity contribution is 7.89. The lowest BCUT2D eigenvalue weighted by Gasteiger charge is -2.30. The molecule has 1 saturated carbocycles. The standard InChI is InChI=1S/C21H20N6O4S/c1-12-8-13(4-7-27(12)20(28)29)18-17-15-3-2-14(9-16(15)25-19(17)24-11-23-18)32(30,31)26-21(10-22)5-6-21/h2-4,9,11-12,26H,5-8H2,1H3,(H,28,29)(H,23,24,25)/t12-/m0/s1. The van der Waals surface area contributed by atoms with E-state index in [1.165, 1.54) is 23.4 Å². The maximum Gasteiger partial charge on any atom is 0.407 e. The summed E-state index contributed by atoms with van der Waals surface area (Å²) in [4.78, 5) is 24.7. The van der Waals surface area contributed by atoms with Crippen LogP contribution < -0.4 is 4.72 Å². The Labute approximate surface area is 183 Å². The third-order valence-corrected chi connectivity index (χ3v) is 7.63. The summed E-state index contributed by atoms with van der Waals surface area (Å²) in [6, 6.07) is 6.58. The van der Waals surface area contributed by atoms with Gasteiger partial charge in [0.2, 0.25) is 10.0 Å². The number of aromatic amines is 1. The molecule has 1 fully saturated rings. The Bertz CT molecular complexity index is 1450. The SMILES string of the molecule is C[C@H]1CC(c2ncnc3[nH]c4cc(S(=O)(=O)NC5(C#N)CC5)ccc4c23)=CCN1C(=O)O. The number of H-pyrrole nitrogens is 1. The zero-order chi connectivity index (χ0) is 22.7. The summed E-state index contributed by atoms with van der Waals surface area (Å²) >= 11 is 0. The number of carboxylic acid groups (broad SMARTS) is 1. The Morgan fingerprint density at radius 3 is 2.81 bits per heavy atom. The molecule has 32 heavy (non-hydrogen) atoms. The van der Waals surface area contributed by atoms with Gasteiger partial charge >= 0.3 is 6.09 Å². The first kappa shape index (κ1) is 20.4. The van der Waals surface area contributed by atoms with Gasteiger partial charge in [0.25, 0.3) is 0 Å². The Hall–Kier alpha value is -3.49. The van der Waals surface area contributed by atoms with Gasteiger partial charge in [0.1, 0.15) is 17.5 Å². The predicted molar refractivity (Wildman–Crippen MR) is 116 cm³/mol.